The van der Waals surface area contributed by atoms with Crippen LogP contribution >= 0.6 is 0 Å². The fourth-order valence-electron chi connectivity index (χ4n) is 6.60. The molecular formula is C20H30O8. The quantitative estimate of drug-likeness (QED) is 0.293. The molecule has 0 aromatic rings. The van der Waals surface area contributed by atoms with E-state index in [1.165, 1.54) is 6.08 Å². The van der Waals surface area contributed by atoms with Gasteiger partial charge in [0.05, 0.1) is 29.8 Å². The smallest absolute Gasteiger partial charge is 0.143 e. The van der Waals surface area contributed by atoms with Gasteiger partial charge in [0, 0.05) is 18.3 Å². The summed E-state index contributed by atoms with van der Waals surface area (Å²) < 4.78 is 6.02. The van der Waals surface area contributed by atoms with Gasteiger partial charge in [-0.1, -0.05) is 13.0 Å². The van der Waals surface area contributed by atoms with E-state index in [0.717, 1.165) is 0 Å². The summed E-state index contributed by atoms with van der Waals surface area (Å²) in [6.07, 6.45) is -3.32. The van der Waals surface area contributed by atoms with Gasteiger partial charge < -0.3 is 35.4 Å². The molecule has 0 spiro atoms. The molecule has 0 radical (unpaired) electrons. The standard InChI is InChI=1S/C20H30O8/c1-8-5-11-19(26)9(2)6-10(22)12-13(19)15(28-17(12,3)4)18(25,7-21)16(24)20(11,27)14(8)23/h5,9,11-16,21,23-27H,6-7H2,1-4H3/t9-,11+,12-,13-,14+,15-,16-,18-,19-,20-/m1/s1. The number of rotatable bonds is 1. The van der Waals surface area contributed by atoms with E-state index in [2.05, 4.69) is 0 Å². The van der Waals surface area contributed by atoms with Crippen molar-refractivity contribution in [3.8, 4) is 0 Å². The molecular weight excluding hydrogens is 368 g/mol. The van der Waals surface area contributed by atoms with E-state index in [9.17, 15) is 35.4 Å². The predicted octanol–water partition coefficient (Wildman–Crippen LogP) is -1.50. The minimum Gasteiger partial charge on any atom is -0.393 e. The predicted molar refractivity (Wildman–Crippen MR) is 95.9 cm³/mol. The van der Waals surface area contributed by atoms with Crippen LogP contribution < -0.4 is 0 Å². The molecule has 6 N–H and O–H groups in total. The van der Waals surface area contributed by atoms with E-state index in [1.54, 1.807) is 27.7 Å². The number of carbonyl (C=O) groups is 1. The van der Waals surface area contributed by atoms with Gasteiger partial charge in [-0.2, -0.15) is 0 Å². The van der Waals surface area contributed by atoms with Crippen molar-refractivity contribution in [3.05, 3.63) is 11.6 Å². The Balaban J connectivity index is 2.04. The van der Waals surface area contributed by atoms with E-state index in [4.69, 9.17) is 4.74 Å². The Hall–Kier alpha value is -0.870. The Labute approximate surface area is 163 Å². The number of hydrogen-bond acceptors (Lipinski definition) is 8. The second-order valence-corrected chi connectivity index (χ2v) is 9.83. The van der Waals surface area contributed by atoms with Gasteiger partial charge in [-0.25, -0.2) is 0 Å². The molecule has 10 atom stereocenters. The van der Waals surface area contributed by atoms with Crippen molar-refractivity contribution in [1.29, 1.82) is 0 Å². The van der Waals surface area contributed by atoms with Crippen molar-refractivity contribution in [3.63, 3.8) is 0 Å². The molecule has 0 amide bonds. The largest absolute Gasteiger partial charge is 0.393 e. The number of carbonyl (C=O) groups excluding carboxylic acids is 1. The molecule has 158 valence electrons. The zero-order valence-corrected chi connectivity index (χ0v) is 16.5. The highest BCUT2D eigenvalue weighted by Crippen LogP contribution is 2.63. The summed E-state index contributed by atoms with van der Waals surface area (Å²) in [5.41, 5.74) is -7.17. The molecule has 1 saturated heterocycles. The van der Waals surface area contributed by atoms with Crippen molar-refractivity contribution < 1.29 is 40.2 Å². The molecule has 8 nitrogen and oxygen atoms in total. The molecule has 0 bridgehead atoms. The lowest BCUT2D eigenvalue weighted by atomic mass is 9.54. The lowest BCUT2D eigenvalue weighted by Crippen LogP contribution is -2.68. The summed E-state index contributed by atoms with van der Waals surface area (Å²) in [4.78, 5) is 12.9. The summed E-state index contributed by atoms with van der Waals surface area (Å²) in [5.74, 6) is -3.67. The molecule has 0 unspecified atom stereocenters. The first-order valence-corrected chi connectivity index (χ1v) is 9.80. The molecule has 8 heteroatoms. The van der Waals surface area contributed by atoms with Gasteiger partial charge in [0.15, 0.2) is 0 Å². The minimum absolute atomic E-state index is 0.0421. The van der Waals surface area contributed by atoms with Crippen LogP contribution in [0.3, 0.4) is 0 Å². The Morgan fingerprint density at radius 3 is 2.36 bits per heavy atom. The van der Waals surface area contributed by atoms with Gasteiger partial charge in [-0.05, 0) is 32.3 Å². The Kier molecular flexibility index (Phi) is 4.10. The average molecular weight is 398 g/mol. The molecule has 3 aliphatic carbocycles. The van der Waals surface area contributed by atoms with Crippen molar-refractivity contribution >= 4 is 5.78 Å². The number of fused-ring (bicyclic) bond motifs is 2. The van der Waals surface area contributed by atoms with E-state index in [-0.39, 0.29) is 12.2 Å². The highest BCUT2D eigenvalue weighted by atomic mass is 16.5. The maximum Gasteiger partial charge on any atom is 0.143 e. The highest BCUT2D eigenvalue weighted by molar-refractivity contribution is 5.85. The monoisotopic (exact) mass is 398 g/mol. The third-order valence-electron chi connectivity index (χ3n) is 8.00. The molecule has 4 aliphatic rings. The summed E-state index contributed by atoms with van der Waals surface area (Å²) in [6, 6.07) is 0. The van der Waals surface area contributed by atoms with Gasteiger partial charge in [-0.3, -0.25) is 4.79 Å². The molecule has 1 heterocycles. The number of Topliss-reactive ketones (excluding diaryl/α,β-unsaturated/α-hetero) is 1. The van der Waals surface area contributed by atoms with Crippen molar-refractivity contribution in [1.82, 2.24) is 0 Å². The Bertz CT molecular complexity index is 748. The maximum absolute atomic E-state index is 12.9. The SMILES string of the molecule is CC1=C[C@H]2[C@@]3(O)[C@@H]4[C@@H](C(=O)C[C@H]3C)C(C)(C)O[C@H]4[C@](O)(CO)[C@@H](O)[C@]2(O)[C@H]1O. The topological polar surface area (TPSA) is 148 Å². The lowest BCUT2D eigenvalue weighted by molar-refractivity contribution is -0.253. The van der Waals surface area contributed by atoms with Crippen LogP contribution in [0.2, 0.25) is 0 Å². The van der Waals surface area contributed by atoms with Crippen molar-refractivity contribution in [2.24, 2.45) is 23.7 Å². The minimum atomic E-state index is -2.38. The Morgan fingerprint density at radius 2 is 1.79 bits per heavy atom. The van der Waals surface area contributed by atoms with Gasteiger partial charge in [0.25, 0.3) is 0 Å². The van der Waals surface area contributed by atoms with Crippen molar-refractivity contribution in [2.75, 3.05) is 6.61 Å². The third-order valence-corrected chi connectivity index (χ3v) is 8.00. The molecule has 1 aliphatic heterocycles. The van der Waals surface area contributed by atoms with Crippen LogP contribution in [0.1, 0.15) is 34.1 Å². The van der Waals surface area contributed by atoms with Crippen LogP contribution in [0, 0.1) is 23.7 Å². The van der Waals surface area contributed by atoms with Gasteiger partial charge in [0.2, 0.25) is 0 Å². The lowest BCUT2D eigenvalue weighted by Gasteiger charge is -2.52. The first-order chi connectivity index (χ1) is 12.8. The van der Waals surface area contributed by atoms with E-state index < -0.39 is 71.0 Å². The van der Waals surface area contributed by atoms with Crippen LogP contribution in [-0.2, 0) is 9.53 Å². The normalized spacial score (nSPS) is 57.4. The number of aliphatic hydroxyl groups is 6. The number of hydrogen-bond donors (Lipinski definition) is 6. The summed E-state index contributed by atoms with van der Waals surface area (Å²) in [6.45, 7) is 5.63. The van der Waals surface area contributed by atoms with E-state index >= 15 is 0 Å². The summed E-state index contributed by atoms with van der Waals surface area (Å²) in [7, 11) is 0. The zero-order valence-electron chi connectivity index (χ0n) is 16.5. The fraction of sp³-hybridized carbons (Fsp3) is 0.850. The molecule has 0 aromatic heterocycles. The van der Waals surface area contributed by atoms with Crippen LogP contribution in [-0.4, -0.2) is 83.7 Å². The van der Waals surface area contributed by atoms with Crippen LogP contribution in [0.5, 0.6) is 0 Å². The first-order valence-electron chi connectivity index (χ1n) is 9.80. The first kappa shape index (κ1) is 20.4. The van der Waals surface area contributed by atoms with E-state index in [0.29, 0.717) is 5.57 Å². The van der Waals surface area contributed by atoms with Crippen LogP contribution in [0.4, 0.5) is 0 Å². The molecule has 4 rings (SSSR count). The average Bonchev–Trinajstić information content (AvgIpc) is 3.04. The molecule has 0 aromatic carbocycles. The number of ether oxygens (including phenoxy) is 1. The van der Waals surface area contributed by atoms with Crippen LogP contribution in [0.15, 0.2) is 11.6 Å². The van der Waals surface area contributed by atoms with Gasteiger partial charge in [-0.15, -0.1) is 0 Å². The maximum atomic E-state index is 12.9. The number of aliphatic hydroxyl groups excluding tert-OH is 3. The summed E-state index contributed by atoms with van der Waals surface area (Å²) >= 11 is 0. The second-order valence-electron chi connectivity index (χ2n) is 9.83. The van der Waals surface area contributed by atoms with E-state index in [1.807, 2.05) is 0 Å². The number of ketones is 1. The highest BCUT2D eigenvalue weighted by Gasteiger charge is 2.78. The van der Waals surface area contributed by atoms with Crippen molar-refractivity contribution in [2.45, 2.75) is 74.8 Å². The zero-order chi connectivity index (χ0) is 21.0. The second kappa shape index (κ2) is 5.63. The third kappa shape index (κ3) is 2.02. The molecule has 2 saturated carbocycles. The Morgan fingerprint density at radius 1 is 1.18 bits per heavy atom. The fourth-order valence-corrected chi connectivity index (χ4v) is 6.60. The molecule has 28 heavy (non-hydrogen) atoms. The van der Waals surface area contributed by atoms with Gasteiger partial charge >= 0.3 is 0 Å². The van der Waals surface area contributed by atoms with Crippen LogP contribution in [0.25, 0.3) is 0 Å². The summed E-state index contributed by atoms with van der Waals surface area (Å²) in [5, 5.41) is 66.7. The van der Waals surface area contributed by atoms with Gasteiger partial charge in [0.1, 0.15) is 29.2 Å². The molecule has 3 fully saturated rings.